The molecular formula is C16H17ClN2S. The SMILES string of the molecule is Cc1ccc(NC(=S)Nc2ccc(C)c(Cl)c2)c(C)c1. The van der Waals surface area contributed by atoms with Crippen LogP contribution in [-0.4, -0.2) is 5.11 Å². The average Bonchev–Trinajstić information content (AvgIpc) is 2.37. The number of benzene rings is 2. The highest BCUT2D eigenvalue weighted by Crippen LogP contribution is 2.21. The summed E-state index contributed by atoms with van der Waals surface area (Å²) in [5, 5.41) is 7.61. The Morgan fingerprint density at radius 1 is 0.950 bits per heavy atom. The standard InChI is InChI=1S/C16H17ClN2S/c1-10-4-7-15(12(3)8-10)19-16(20)18-13-6-5-11(2)14(17)9-13/h4-9H,1-3H3,(H2,18,19,20). The van der Waals surface area contributed by atoms with Crippen molar-refractivity contribution < 1.29 is 0 Å². The Balaban J connectivity index is 2.07. The monoisotopic (exact) mass is 304 g/mol. The Hall–Kier alpha value is -1.58. The Morgan fingerprint density at radius 2 is 1.70 bits per heavy atom. The van der Waals surface area contributed by atoms with Crippen LogP contribution < -0.4 is 10.6 Å². The van der Waals surface area contributed by atoms with Crippen LogP contribution in [0, 0.1) is 20.8 Å². The molecule has 0 amide bonds. The lowest BCUT2D eigenvalue weighted by atomic mass is 10.1. The third-order valence-electron chi connectivity index (χ3n) is 3.06. The molecule has 2 aromatic carbocycles. The fraction of sp³-hybridized carbons (Fsp3) is 0.188. The summed E-state index contributed by atoms with van der Waals surface area (Å²) >= 11 is 11.4. The molecule has 0 spiro atoms. The van der Waals surface area contributed by atoms with E-state index < -0.39 is 0 Å². The zero-order valence-corrected chi connectivity index (χ0v) is 13.3. The van der Waals surface area contributed by atoms with Gasteiger partial charge in [-0.05, 0) is 62.3 Å². The Kier molecular flexibility index (Phi) is 4.63. The number of anilines is 2. The summed E-state index contributed by atoms with van der Waals surface area (Å²) in [5.41, 5.74) is 5.33. The number of thiocarbonyl (C=S) groups is 1. The second-order valence-corrected chi connectivity index (χ2v) is 5.68. The zero-order chi connectivity index (χ0) is 14.7. The van der Waals surface area contributed by atoms with Gasteiger partial charge in [-0.2, -0.15) is 0 Å². The molecule has 2 N–H and O–H groups in total. The summed E-state index contributed by atoms with van der Waals surface area (Å²) in [6.45, 7) is 6.10. The molecular weight excluding hydrogens is 288 g/mol. The van der Waals surface area contributed by atoms with Crippen LogP contribution in [0.15, 0.2) is 36.4 Å². The molecule has 4 heteroatoms. The predicted octanol–water partition coefficient (Wildman–Crippen LogP) is 5.07. The molecule has 2 nitrogen and oxygen atoms in total. The van der Waals surface area contributed by atoms with Gasteiger partial charge in [0.05, 0.1) is 0 Å². The molecule has 0 atom stereocenters. The third kappa shape index (κ3) is 3.71. The van der Waals surface area contributed by atoms with E-state index in [2.05, 4.69) is 36.6 Å². The van der Waals surface area contributed by atoms with Gasteiger partial charge in [0.25, 0.3) is 0 Å². The van der Waals surface area contributed by atoms with Crippen LogP contribution in [0.3, 0.4) is 0 Å². The highest BCUT2D eigenvalue weighted by atomic mass is 35.5. The maximum Gasteiger partial charge on any atom is 0.175 e. The summed E-state index contributed by atoms with van der Waals surface area (Å²) in [6.07, 6.45) is 0. The molecule has 0 heterocycles. The third-order valence-corrected chi connectivity index (χ3v) is 3.67. The molecule has 0 aromatic heterocycles. The van der Waals surface area contributed by atoms with Gasteiger partial charge >= 0.3 is 0 Å². The highest BCUT2D eigenvalue weighted by molar-refractivity contribution is 7.80. The molecule has 0 aliphatic rings. The van der Waals surface area contributed by atoms with E-state index in [9.17, 15) is 0 Å². The minimum atomic E-state index is 0.553. The summed E-state index contributed by atoms with van der Waals surface area (Å²) < 4.78 is 0. The van der Waals surface area contributed by atoms with Gasteiger partial charge in [0.15, 0.2) is 5.11 Å². The zero-order valence-electron chi connectivity index (χ0n) is 11.8. The highest BCUT2D eigenvalue weighted by Gasteiger charge is 2.03. The van der Waals surface area contributed by atoms with Crippen LogP contribution >= 0.6 is 23.8 Å². The van der Waals surface area contributed by atoms with Crippen LogP contribution in [0.4, 0.5) is 11.4 Å². The van der Waals surface area contributed by atoms with Crippen LogP contribution in [0.1, 0.15) is 16.7 Å². The van der Waals surface area contributed by atoms with Gasteiger partial charge in [0.1, 0.15) is 0 Å². The van der Waals surface area contributed by atoms with Crippen molar-refractivity contribution in [2.45, 2.75) is 20.8 Å². The Morgan fingerprint density at radius 3 is 2.35 bits per heavy atom. The van der Waals surface area contributed by atoms with Gasteiger partial charge in [0, 0.05) is 16.4 Å². The van der Waals surface area contributed by atoms with Crippen LogP contribution in [-0.2, 0) is 0 Å². The van der Waals surface area contributed by atoms with Gasteiger partial charge in [-0.1, -0.05) is 35.4 Å². The molecule has 0 saturated carbocycles. The lowest BCUT2D eigenvalue weighted by Gasteiger charge is -2.13. The van der Waals surface area contributed by atoms with Gasteiger partial charge < -0.3 is 10.6 Å². The molecule has 2 rings (SSSR count). The summed E-state index contributed by atoms with van der Waals surface area (Å²) in [6, 6.07) is 12.0. The molecule has 0 unspecified atom stereocenters. The van der Waals surface area contributed by atoms with E-state index >= 15 is 0 Å². The summed E-state index contributed by atoms with van der Waals surface area (Å²) in [4.78, 5) is 0. The molecule has 0 saturated heterocycles. The summed E-state index contributed by atoms with van der Waals surface area (Å²) in [7, 11) is 0. The quantitative estimate of drug-likeness (QED) is 0.757. The lowest BCUT2D eigenvalue weighted by molar-refractivity contribution is 1.38. The topological polar surface area (TPSA) is 24.1 Å². The van der Waals surface area contributed by atoms with E-state index in [1.807, 2.05) is 31.2 Å². The first-order valence-corrected chi connectivity index (χ1v) is 7.16. The van der Waals surface area contributed by atoms with Crippen LogP contribution in [0.5, 0.6) is 0 Å². The van der Waals surface area contributed by atoms with Crippen molar-refractivity contribution in [2.24, 2.45) is 0 Å². The fourth-order valence-corrected chi connectivity index (χ4v) is 2.32. The molecule has 104 valence electrons. The minimum Gasteiger partial charge on any atom is -0.332 e. The normalized spacial score (nSPS) is 10.2. The first kappa shape index (κ1) is 14.8. The number of rotatable bonds is 2. The molecule has 0 aliphatic heterocycles. The van der Waals surface area contributed by atoms with Crippen LogP contribution in [0.25, 0.3) is 0 Å². The van der Waals surface area contributed by atoms with Crippen LogP contribution in [0.2, 0.25) is 5.02 Å². The van der Waals surface area contributed by atoms with Crippen molar-refractivity contribution in [3.63, 3.8) is 0 Å². The van der Waals surface area contributed by atoms with Crippen molar-refractivity contribution in [1.29, 1.82) is 0 Å². The van der Waals surface area contributed by atoms with Gasteiger partial charge in [-0.15, -0.1) is 0 Å². The minimum absolute atomic E-state index is 0.553. The number of hydrogen-bond acceptors (Lipinski definition) is 1. The van der Waals surface area contributed by atoms with Gasteiger partial charge in [-0.3, -0.25) is 0 Å². The van der Waals surface area contributed by atoms with E-state index in [1.54, 1.807) is 0 Å². The largest absolute Gasteiger partial charge is 0.332 e. The van der Waals surface area contributed by atoms with E-state index in [0.29, 0.717) is 5.11 Å². The fourth-order valence-electron chi connectivity index (χ4n) is 1.91. The van der Waals surface area contributed by atoms with Crippen molar-refractivity contribution in [1.82, 2.24) is 0 Å². The van der Waals surface area contributed by atoms with Crippen molar-refractivity contribution in [2.75, 3.05) is 10.6 Å². The molecule has 2 aromatic rings. The molecule has 0 radical (unpaired) electrons. The first-order chi connectivity index (χ1) is 9.45. The molecule has 20 heavy (non-hydrogen) atoms. The Labute approximate surface area is 130 Å². The maximum atomic E-state index is 6.10. The van der Waals surface area contributed by atoms with E-state index in [4.69, 9.17) is 23.8 Å². The number of nitrogens with one attached hydrogen (secondary N) is 2. The van der Waals surface area contributed by atoms with Crippen molar-refractivity contribution >= 4 is 40.3 Å². The van der Waals surface area contributed by atoms with E-state index in [0.717, 1.165) is 27.5 Å². The number of aryl methyl sites for hydroxylation is 3. The molecule has 0 bridgehead atoms. The predicted molar refractivity (Wildman–Crippen MR) is 91.9 cm³/mol. The lowest BCUT2D eigenvalue weighted by Crippen LogP contribution is -2.19. The maximum absolute atomic E-state index is 6.10. The number of hydrogen-bond donors (Lipinski definition) is 2. The number of halogens is 1. The van der Waals surface area contributed by atoms with E-state index in [1.165, 1.54) is 5.56 Å². The Bertz CT molecular complexity index is 653. The first-order valence-electron chi connectivity index (χ1n) is 6.37. The van der Waals surface area contributed by atoms with Gasteiger partial charge in [-0.25, -0.2) is 0 Å². The summed E-state index contributed by atoms with van der Waals surface area (Å²) in [5.74, 6) is 0. The molecule has 0 aliphatic carbocycles. The van der Waals surface area contributed by atoms with E-state index in [-0.39, 0.29) is 0 Å². The molecule has 0 fully saturated rings. The smallest absolute Gasteiger partial charge is 0.175 e. The van der Waals surface area contributed by atoms with Gasteiger partial charge in [0.2, 0.25) is 0 Å². The second kappa shape index (κ2) is 6.25. The average molecular weight is 305 g/mol. The van der Waals surface area contributed by atoms with Crippen molar-refractivity contribution in [3.05, 3.63) is 58.1 Å². The second-order valence-electron chi connectivity index (χ2n) is 4.86. The van der Waals surface area contributed by atoms with Crippen molar-refractivity contribution in [3.8, 4) is 0 Å².